The third kappa shape index (κ3) is 3.75. The van der Waals surface area contributed by atoms with E-state index in [1.165, 1.54) is 0 Å². The monoisotopic (exact) mass is 362 g/mol. The van der Waals surface area contributed by atoms with Gasteiger partial charge in [0.25, 0.3) is 5.91 Å². The van der Waals surface area contributed by atoms with Crippen LogP contribution >= 0.6 is 0 Å². The number of hydrogen-bond donors (Lipinski definition) is 1. The van der Waals surface area contributed by atoms with E-state index < -0.39 is 0 Å². The van der Waals surface area contributed by atoms with Crippen molar-refractivity contribution in [3.63, 3.8) is 0 Å². The molecule has 4 rings (SSSR count). The van der Waals surface area contributed by atoms with E-state index >= 15 is 0 Å². The first kappa shape index (κ1) is 17.4. The van der Waals surface area contributed by atoms with E-state index in [0.29, 0.717) is 5.82 Å². The zero-order valence-corrected chi connectivity index (χ0v) is 15.2. The quantitative estimate of drug-likeness (QED) is 0.757. The molecule has 2 aromatic carbocycles. The third-order valence-corrected chi connectivity index (χ3v) is 4.72. The van der Waals surface area contributed by atoms with Crippen molar-refractivity contribution in [3.05, 3.63) is 66.5 Å². The highest BCUT2D eigenvalue weighted by molar-refractivity contribution is 5.91. The molecule has 1 fully saturated rings. The molecule has 3 aromatic rings. The molecule has 6 nitrogen and oxygen atoms in total. The minimum atomic E-state index is -0.287. The molecule has 1 amide bonds. The zero-order chi connectivity index (χ0) is 18.6. The van der Waals surface area contributed by atoms with Crippen LogP contribution in [0.15, 0.2) is 60.7 Å². The fourth-order valence-electron chi connectivity index (χ4n) is 3.29. The van der Waals surface area contributed by atoms with Crippen LogP contribution in [-0.2, 0) is 4.74 Å². The highest BCUT2D eigenvalue weighted by atomic mass is 16.5. The van der Waals surface area contributed by atoms with Gasteiger partial charge >= 0.3 is 0 Å². The summed E-state index contributed by atoms with van der Waals surface area (Å²) in [6.07, 6.45) is 2.05. The van der Waals surface area contributed by atoms with E-state index in [9.17, 15) is 4.79 Å². The van der Waals surface area contributed by atoms with Crippen molar-refractivity contribution >= 4 is 5.91 Å². The Kier molecular flexibility index (Phi) is 4.98. The Morgan fingerprint density at radius 1 is 1.15 bits per heavy atom. The van der Waals surface area contributed by atoms with Crippen molar-refractivity contribution in [3.8, 4) is 17.1 Å². The number of rotatable bonds is 5. The second-order valence-corrected chi connectivity index (χ2v) is 6.69. The average molecular weight is 362 g/mol. The first-order chi connectivity index (χ1) is 13.2. The number of amides is 1. The van der Waals surface area contributed by atoms with E-state index in [0.717, 1.165) is 30.7 Å². The van der Waals surface area contributed by atoms with Gasteiger partial charge in [0.05, 0.1) is 17.8 Å². The number of carbonyl (C=O) groups excluding carboxylic acids is 1. The predicted octanol–water partition coefficient (Wildman–Crippen LogP) is 3.23. The van der Waals surface area contributed by atoms with E-state index in [2.05, 4.69) is 15.4 Å². The smallest absolute Gasteiger partial charge is 0.291 e. The predicted molar refractivity (Wildman–Crippen MR) is 103 cm³/mol. The molecule has 0 aliphatic carbocycles. The van der Waals surface area contributed by atoms with Crippen molar-refractivity contribution in [1.29, 1.82) is 0 Å². The molecule has 1 aliphatic rings. The topological polar surface area (TPSA) is 69.0 Å². The molecular weight excluding hydrogens is 340 g/mol. The van der Waals surface area contributed by atoms with Gasteiger partial charge in [-0.15, -0.1) is 5.10 Å². The van der Waals surface area contributed by atoms with Gasteiger partial charge in [0, 0.05) is 12.2 Å². The average Bonchev–Trinajstić information content (AvgIpc) is 3.40. The molecule has 1 N–H and O–H groups in total. The van der Waals surface area contributed by atoms with Gasteiger partial charge in [-0.3, -0.25) is 4.79 Å². The van der Waals surface area contributed by atoms with Crippen LogP contribution in [-0.4, -0.2) is 39.4 Å². The Labute approximate surface area is 158 Å². The van der Waals surface area contributed by atoms with Crippen molar-refractivity contribution in [2.45, 2.75) is 31.9 Å². The number of nitrogens with zero attached hydrogens (tertiary/aromatic N) is 3. The molecule has 1 aromatic heterocycles. The number of hydrogen-bond acceptors (Lipinski definition) is 4. The van der Waals surface area contributed by atoms with Gasteiger partial charge in [0.15, 0.2) is 5.82 Å². The lowest BCUT2D eigenvalue weighted by Gasteiger charge is -2.18. The van der Waals surface area contributed by atoms with Crippen LogP contribution in [0.1, 0.15) is 30.4 Å². The summed E-state index contributed by atoms with van der Waals surface area (Å²) in [5.74, 6) is 0.504. The number of benzene rings is 2. The van der Waals surface area contributed by atoms with E-state index in [1.807, 2.05) is 67.6 Å². The lowest BCUT2D eigenvalue weighted by Crippen LogP contribution is -2.41. The molecule has 0 bridgehead atoms. The summed E-state index contributed by atoms with van der Waals surface area (Å²) < 4.78 is 7.37. The Bertz CT molecular complexity index is 845. The molecule has 27 heavy (non-hydrogen) atoms. The van der Waals surface area contributed by atoms with Gasteiger partial charge in [0.2, 0.25) is 5.82 Å². The minimum absolute atomic E-state index is 0.0544. The van der Waals surface area contributed by atoms with E-state index in [-0.39, 0.29) is 23.9 Å². The number of para-hydroxylation sites is 1. The van der Waals surface area contributed by atoms with Crippen LogP contribution in [0.3, 0.4) is 0 Å². The van der Waals surface area contributed by atoms with Gasteiger partial charge in [-0.1, -0.05) is 48.5 Å². The first-order valence-corrected chi connectivity index (χ1v) is 9.23. The Hall–Kier alpha value is -2.99. The molecule has 6 heteroatoms. The van der Waals surface area contributed by atoms with Crippen LogP contribution < -0.4 is 5.32 Å². The summed E-state index contributed by atoms with van der Waals surface area (Å²) in [5, 5.41) is 7.47. The fraction of sp³-hybridized carbons (Fsp3) is 0.286. The zero-order valence-electron chi connectivity index (χ0n) is 15.2. The molecule has 1 saturated heterocycles. The number of aromatic nitrogens is 3. The third-order valence-electron chi connectivity index (χ3n) is 4.72. The maximum Gasteiger partial charge on any atom is 0.291 e. The van der Waals surface area contributed by atoms with Gasteiger partial charge in [-0.25, -0.2) is 9.67 Å². The van der Waals surface area contributed by atoms with Crippen molar-refractivity contribution in [1.82, 2.24) is 20.1 Å². The second-order valence-electron chi connectivity index (χ2n) is 6.69. The lowest BCUT2D eigenvalue weighted by atomic mass is 10.1. The Balaban J connectivity index is 1.65. The van der Waals surface area contributed by atoms with Crippen LogP contribution in [0.4, 0.5) is 0 Å². The normalized spacial score (nSPS) is 17.6. The molecule has 138 valence electrons. The van der Waals surface area contributed by atoms with E-state index in [4.69, 9.17) is 4.74 Å². The fourth-order valence-corrected chi connectivity index (χ4v) is 3.29. The highest BCUT2D eigenvalue weighted by Gasteiger charge is 2.26. The molecule has 1 aliphatic heterocycles. The molecule has 2 unspecified atom stereocenters. The summed E-state index contributed by atoms with van der Waals surface area (Å²) in [5.41, 5.74) is 1.76. The van der Waals surface area contributed by atoms with Gasteiger partial charge < -0.3 is 10.1 Å². The summed E-state index contributed by atoms with van der Waals surface area (Å²) in [4.78, 5) is 17.3. The maximum absolute atomic E-state index is 12.7. The van der Waals surface area contributed by atoms with Crippen LogP contribution in [0, 0.1) is 0 Å². The SMILES string of the molecule is CC(NC(=O)c1nc(-c2ccccc2)n(-c2ccccc2)n1)C1CCCO1. The van der Waals surface area contributed by atoms with Gasteiger partial charge in [-0.05, 0) is 31.9 Å². The van der Waals surface area contributed by atoms with Crippen molar-refractivity contribution in [2.24, 2.45) is 0 Å². The van der Waals surface area contributed by atoms with Crippen LogP contribution in [0.5, 0.6) is 0 Å². The Morgan fingerprint density at radius 3 is 2.52 bits per heavy atom. The largest absolute Gasteiger partial charge is 0.376 e. The number of ether oxygens (including phenoxy) is 1. The molecule has 2 atom stereocenters. The number of carbonyl (C=O) groups is 1. The standard InChI is InChI=1S/C21H22N4O2/c1-15(18-13-8-14-27-18)22-21(26)19-23-20(16-9-4-2-5-10-16)25(24-19)17-11-6-3-7-12-17/h2-7,9-12,15,18H,8,13-14H2,1H3,(H,22,26). The molecular formula is C21H22N4O2. The maximum atomic E-state index is 12.7. The molecule has 0 spiro atoms. The van der Waals surface area contributed by atoms with Crippen LogP contribution in [0.25, 0.3) is 17.1 Å². The summed E-state index contributed by atoms with van der Waals surface area (Å²) in [7, 11) is 0. The van der Waals surface area contributed by atoms with Crippen molar-refractivity contribution in [2.75, 3.05) is 6.61 Å². The molecule has 0 saturated carbocycles. The summed E-state index contributed by atoms with van der Waals surface area (Å²) in [6, 6.07) is 19.4. The highest BCUT2D eigenvalue weighted by Crippen LogP contribution is 2.21. The summed E-state index contributed by atoms with van der Waals surface area (Å²) in [6.45, 7) is 2.71. The lowest BCUT2D eigenvalue weighted by molar-refractivity contribution is 0.0706. The van der Waals surface area contributed by atoms with Gasteiger partial charge in [0.1, 0.15) is 0 Å². The molecule has 2 heterocycles. The Morgan fingerprint density at radius 2 is 1.85 bits per heavy atom. The van der Waals surface area contributed by atoms with Crippen molar-refractivity contribution < 1.29 is 9.53 Å². The van der Waals surface area contributed by atoms with Crippen LogP contribution in [0.2, 0.25) is 0 Å². The van der Waals surface area contributed by atoms with E-state index in [1.54, 1.807) is 4.68 Å². The number of nitrogens with one attached hydrogen (secondary N) is 1. The molecule has 0 radical (unpaired) electrons. The second kappa shape index (κ2) is 7.72. The van der Waals surface area contributed by atoms with Gasteiger partial charge in [-0.2, -0.15) is 0 Å². The minimum Gasteiger partial charge on any atom is -0.376 e. The summed E-state index contributed by atoms with van der Waals surface area (Å²) >= 11 is 0. The first-order valence-electron chi connectivity index (χ1n) is 9.23.